The Hall–Kier alpha value is -2.02. The van der Waals surface area contributed by atoms with Gasteiger partial charge in [-0.05, 0) is 29.7 Å². The third-order valence-electron chi connectivity index (χ3n) is 5.44. The highest BCUT2D eigenvalue weighted by Crippen LogP contribution is 2.35. The molecule has 29 heavy (non-hydrogen) atoms. The number of para-hydroxylation sites is 1. The van der Waals surface area contributed by atoms with Crippen molar-refractivity contribution in [1.29, 1.82) is 0 Å². The fourth-order valence-electron chi connectivity index (χ4n) is 3.83. The van der Waals surface area contributed by atoms with Gasteiger partial charge in [0.25, 0.3) is 0 Å². The highest BCUT2D eigenvalue weighted by Gasteiger charge is 2.32. The predicted molar refractivity (Wildman–Crippen MR) is 120 cm³/mol. The first-order valence-electron chi connectivity index (χ1n) is 9.78. The molecule has 0 bridgehead atoms. The zero-order valence-electron chi connectivity index (χ0n) is 16.5. The summed E-state index contributed by atoms with van der Waals surface area (Å²) in [7, 11) is 0. The molecule has 0 aromatic heterocycles. The van der Waals surface area contributed by atoms with Crippen LogP contribution in [0.25, 0.3) is 0 Å². The van der Waals surface area contributed by atoms with Crippen LogP contribution >= 0.6 is 24.2 Å². The number of amides is 2. The quantitative estimate of drug-likeness (QED) is 0.807. The number of carbonyl (C=O) groups excluding carboxylic acids is 2. The van der Waals surface area contributed by atoms with Crippen molar-refractivity contribution in [2.45, 2.75) is 24.3 Å². The molecule has 154 valence electrons. The van der Waals surface area contributed by atoms with E-state index in [9.17, 15) is 9.59 Å². The van der Waals surface area contributed by atoms with E-state index in [0.29, 0.717) is 12.3 Å². The number of fused-ring (bicyclic) bond motifs is 1. The molecule has 0 spiro atoms. The fourth-order valence-corrected chi connectivity index (χ4v) is 4.77. The monoisotopic (exact) mass is 431 g/mol. The molecule has 5 nitrogen and oxygen atoms in total. The number of hydrogen-bond acceptors (Lipinski definition) is 4. The third-order valence-corrected chi connectivity index (χ3v) is 6.49. The molecule has 1 fully saturated rings. The number of nitrogens with one attached hydrogen (secondary N) is 1. The lowest BCUT2D eigenvalue weighted by atomic mass is 10.0. The molecule has 2 amide bonds. The van der Waals surface area contributed by atoms with Crippen LogP contribution in [-0.2, 0) is 16.0 Å². The number of hydrogen-bond donors (Lipinski definition) is 1. The minimum absolute atomic E-state index is 0. The molecule has 0 radical (unpaired) electrons. The normalized spacial score (nSPS) is 18.8. The Morgan fingerprint density at radius 1 is 1.17 bits per heavy atom. The molecule has 7 heteroatoms. The van der Waals surface area contributed by atoms with E-state index < -0.39 is 0 Å². The van der Waals surface area contributed by atoms with Gasteiger partial charge in [-0.3, -0.25) is 9.59 Å². The van der Waals surface area contributed by atoms with E-state index in [-0.39, 0.29) is 36.8 Å². The zero-order chi connectivity index (χ0) is 19.5. The Morgan fingerprint density at radius 2 is 1.93 bits per heavy atom. The Kier molecular flexibility index (Phi) is 7.22. The second-order valence-corrected chi connectivity index (χ2v) is 8.16. The van der Waals surface area contributed by atoms with Crippen molar-refractivity contribution >= 4 is 41.7 Å². The lowest BCUT2D eigenvalue weighted by Gasteiger charge is -2.38. The van der Waals surface area contributed by atoms with Crippen LogP contribution < -0.4 is 10.2 Å². The Balaban J connectivity index is 0.00000240. The minimum Gasteiger partial charge on any atom is -0.332 e. The van der Waals surface area contributed by atoms with Crippen molar-refractivity contribution < 1.29 is 9.59 Å². The molecule has 0 saturated carbocycles. The number of benzene rings is 2. The lowest BCUT2D eigenvalue weighted by Crippen LogP contribution is -2.52. The number of aryl methyl sites for hydroxylation is 1. The van der Waals surface area contributed by atoms with Crippen LogP contribution in [0.3, 0.4) is 0 Å². The molecule has 2 heterocycles. The predicted octanol–water partition coefficient (Wildman–Crippen LogP) is 3.28. The van der Waals surface area contributed by atoms with E-state index in [2.05, 4.69) is 36.5 Å². The first kappa shape index (κ1) is 21.7. The van der Waals surface area contributed by atoms with Crippen molar-refractivity contribution in [3.8, 4) is 0 Å². The smallest absolute Gasteiger partial charge is 0.243 e. The highest BCUT2D eigenvalue weighted by molar-refractivity contribution is 8.00. The largest absolute Gasteiger partial charge is 0.332 e. The molecule has 1 atom stereocenters. The van der Waals surface area contributed by atoms with Crippen LogP contribution in [0.5, 0.6) is 0 Å². The van der Waals surface area contributed by atoms with Crippen LogP contribution in [0.4, 0.5) is 5.69 Å². The Labute approximate surface area is 182 Å². The average Bonchev–Trinajstić information content (AvgIpc) is 2.76. The molecule has 1 saturated heterocycles. The summed E-state index contributed by atoms with van der Waals surface area (Å²) in [6, 6.07) is 16.3. The minimum atomic E-state index is -0.00367. The summed E-state index contributed by atoms with van der Waals surface area (Å²) in [5.41, 5.74) is 3.27. The molecule has 2 aromatic carbocycles. The van der Waals surface area contributed by atoms with Gasteiger partial charge in [-0.1, -0.05) is 43.3 Å². The standard InChI is InChI=1S/C22H25N3O2S.ClH/c1-2-16-7-9-17(10-8-16)19-13-23-11-12-24(19)21(26)14-25-18-5-3-4-6-20(18)28-15-22(25)27;/h3-10,19,23H,2,11-15H2,1H3;1H. The highest BCUT2D eigenvalue weighted by atomic mass is 35.5. The van der Waals surface area contributed by atoms with Gasteiger partial charge in [0.2, 0.25) is 11.8 Å². The second-order valence-electron chi connectivity index (χ2n) is 7.14. The number of carbonyl (C=O) groups is 2. The zero-order valence-corrected chi connectivity index (χ0v) is 18.1. The summed E-state index contributed by atoms with van der Waals surface area (Å²) in [6.45, 7) is 4.39. The maximum atomic E-state index is 13.2. The van der Waals surface area contributed by atoms with Crippen molar-refractivity contribution in [3.05, 3.63) is 59.7 Å². The number of rotatable bonds is 4. The summed E-state index contributed by atoms with van der Waals surface area (Å²) in [5, 5.41) is 3.40. The first-order chi connectivity index (χ1) is 13.7. The molecule has 2 aliphatic rings. The van der Waals surface area contributed by atoms with Gasteiger partial charge in [-0.15, -0.1) is 24.2 Å². The molecular weight excluding hydrogens is 406 g/mol. The van der Waals surface area contributed by atoms with Gasteiger partial charge in [0, 0.05) is 24.5 Å². The molecule has 1 N–H and O–H groups in total. The maximum absolute atomic E-state index is 13.2. The van der Waals surface area contributed by atoms with Crippen LogP contribution in [0.1, 0.15) is 24.1 Å². The van der Waals surface area contributed by atoms with E-state index in [4.69, 9.17) is 0 Å². The third kappa shape index (κ3) is 4.60. The summed E-state index contributed by atoms with van der Waals surface area (Å²) in [6.07, 6.45) is 1.00. The maximum Gasteiger partial charge on any atom is 0.243 e. The van der Waals surface area contributed by atoms with E-state index in [1.54, 1.807) is 4.90 Å². The summed E-state index contributed by atoms with van der Waals surface area (Å²) >= 11 is 1.54. The van der Waals surface area contributed by atoms with Crippen molar-refractivity contribution in [2.75, 3.05) is 36.8 Å². The van der Waals surface area contributed by atoms with Crippen LogP contribution in [0, 0.1) is 0 Å². The molecule has 0 aliphatic carbocycles. The van der Waals surface area contributed by atoms with Crippen molar-refractivity contribution in [2.24, 2.45) is 0 Å². The van der Waals surface area contributed by atoms with Gasteiger partial charge in [-0.25, -0.2) is 0 Å². The number of anilines is 1. The number of piperazine rings is 1. The van der Waals surface area contributed by atoms with Gasteiger partial charge in [0.15, 0.2) is 0 Å². The van der Waals surface area contributed by atoms with Crippen LogP contribution in [0.15, 0.2) is 53.4 Å². The Bertz CT molecular complexity index is 875. The van der Waals surface area contributed by atoms with Gasteiger partial charge in [0.1, 0.15) is 6.54 Å². The van der Waals surface area contributed by atoms with Crippen LogP contribution in [0.2, 0.25) is 0 Å². The van der Waals surface area contributed by atoms with Gasteiger partial charge >= 0.3 is 0 Å². The fraction of sp³-hybridized carbons (Fsp3) is 0.364. The average molecular weight is 432 g/mol. The van der Waals surface area contributed by atoms with Crippen molar-refractivity contribution in [3.63, 3.8) is 0 Å². The number of thioether (sulfide) groups is 1. The lowest BCUT2D eigenvalue weighted by molar-refractivity contribution is -0.134. The Morgan fingerprint density at radius 3 is 2.69 bits per heavy atom. The summed E-state index contributed by atoms with van der Waals surface area (Å²) in [4.78, 5) is 30.4. The topological polar surface area (TPSA) is 52.7 Å². The van der Waals surface area contributed by atoms with Crippen LogP contribution in [-0.4, -0.2) is 48.6 Å². The van der Waals surface area contributed by atoms with Gasteiger partial charge < -0.3 is 15.1 Å². The first-order valence-corrected chi connectivity index (χ1v) is 10.8. The molecule has 2 aliphatic heterocycles. The molecule has 2 aromatic rings. The number of halogens is 1. The molecule has 1 unspecified atom stereocenters. The van der Waals surface area contributed by atoms with Gasteiger partial charge in [0.05, 0.1) is 17.5 Å². The SMILES string of the molecule is CCc1ccc(C2CNCCN2C(=O)CN2C(=O)CSc3ccccc32)cc1.Cl. The van der Waals surface area contributed by atoms with E-state index >= 15 is 0 Å². The summed E-state index contributed by atoms with van der Waals surface area (Å²) in [5.74, 6) is 0.380. The van der Waals surface area contributed by atoms with E-state index in [1.807, 2.05) is 29.2 Å². The molecular formula is C22H26ClN3O2S. The van der Waals surface area contributed by atoms with E-state index in [1.165, 1.54) is 17.3 Å². The van der Waals surface area contributed by atoms with E-state index in [0.717, 1.165) is 35.7 Å². The summed E-state index contributed by atoms with van der Waals surface area (Å²) < 4.78 is 0. The molecule has 4 rings (SSSR count). The van der Waals surface area contributed by atoms with Crippen molar-refractivity contribution in [1.82, 2.24) is 10.2 Å². The number of nitrogens with zero attached hydrogens (tertiary/aromatic N) is 2. The van der Waals surface area contributed by atoms with Gasteiger partial charge in [-0.2, -0.15) is 0 Å². The second kappa shape index (κ2) is 9.65.